The predicted octanol–water partition coefficient (Wildman–Crippen LogP) is 0.738. The van der Waals surface area contributed by atoms with Crippen molar-refractivity contribution >= 4 is 0 Å². The van der Waals surface area contributed by atoms with Gasteiger partial charge < -0.3 is 9.84 Å². The average Bonchev–Trinajstić information content (AvgIpc) is 2.61. The summed E-state index contributed by atoms with van der Waals surface area (Å²) in [5.41, 5.74) is 0. The summed E-state index contributed by atoms with van der Waals surface area (Å²) >= 11 is 0. The molecule has 0 aliphatic heterocycles. The second-order valence-corrected chi connectivity index (χ2v) is 2.63. The van der Waals surface area contributed by atoms with E-state index in [1.165, 1.54) is 6.33 Å². The van der Waals surface area contributed by atoms with Crippen LogP contribution in [0.1, 0.15) is 5.89 Å². The van der Waals surface area contributed by atoms with Gasteiger partial charge in [-0.15, -0.1) is 13.2 Å². The first-order valence-electron chi connectivity index (χ1n) is 4.25. The van der Waals surface area contributed by atoms with Gasteiger partial charge in [0.25, 0.3) is 0 Å². The molecule has 0 amide bonds. The smallest absolute Gasteiger partial charge is 0.340 e. The predicted molar refractivity (Wildman–Crippen MR) is 42.9 cm³/mol. The molecule has 0 aromatic carbocycles. The van der Waals surface area contributed by atoms with Crippen molar-refractivity contribution in [3.63, 3.8) is 0 Å². The number of nitrogens with zero attached hydrogens (tertiary/aromatic N) is 2. The van der Waals surface area contributed by atoms with Crippen LogP contribution in [-0.2, 0) is 11.2 Å². The van der Waals surface area contributed by atoms with E-state index in [-0.39, 0.29) is 6.54 Å². The molecule has 1 rings (SSSR count). The summed E-state index contributed by atoms with van der Waals surface area (Å²) in [5.74, 6) is 0.444. The second kappa shape index (κ2) is 5.66. The van der Waals surface area contributed by atoms with E-state index in [1.54, 1.807) is 0 Å². The van der Waals surface area contributed by atoms with E-state index >= 15 is 0 Å². The topological polar surface area (TPSA) is 60.2 Å². The van der Waals surface area contributed by atoms with Crippen molar-refractivity contribution in [2.45, 2.75) is 12.8 Å². The maximum Gasteiger partial charge on any atom is 0.522 e. The molecule has 0 saturated carbocycles. The number of hydrogen-bond donors (Lipinski definition) is 1. The van der Waals surface area contributed by atoms with Crippen LogP contribution in [0, 0.1) is 0 Å². The molecule has 8 heteroatoms. The van der Waals surface area contributed by atoms with Gasteiger partial charge in [0.1, 0.15) is 0 Å². The van der Waals surface area contributed by atoms with Crippen LogP contribution in [-0.4, -0.2) is 36.2 Å². The van der Waals surface area contributed by atoms with Gasteiger partial charge in [-0.25, -0.2) is 0 Å². The highest BCUT2D eigenvalue weighted by atomic mass is 19.4. The highest BCUT2D eigenvalue weighted by Crippen LogP contribution is 2.14. The van der Waals surface area contributed by atoms with Gasteiger partial charge in [-0.05, 0) is 0 Å². The Morgan fingerprint density at radius 3 is 2.80 bits per heavy atom. The molecular formula is C7H10F3N3O2. The first kappa shape index (κ1) is 11.9. The van der Waals surface area contributed by atoms with Crippen LogP contribution < -0.4 is 5.32 Å². The fourth-order valence-electron chi connectivity index (χ4n) is 0.865. The zero-order valence-electron chi connectivity index (χ0n) is 7.75. The minimum absolute atomic E-state index is 0.119. The molecule has 0 fully saturated rings. The minimum Gasteiger partial charge on any atom is -0.340 e. The first-order valence-corrected chi connectivity index (χ1v) is 4.25. The van der Waals surface area contributed by atoms with Gasteiger partial charge in [0.05, 0.1) is 6.61 Å². The van der Waals surface area contributed by atoms with Crippen molar-refractivity contribution < 1.29 is 22.4 Å². The van der Waals surface area contributed by atoms with Crippen LogP contribution in [0.4, 0.5) is 13.2 Å². The number of hydrogen-bond acceptors (Lipinski definition) is 5. The molecule has 0 radical (unpaired) electrons. The molecule has 0 saturated heterocycles. The molecule has 0 bridgehead atoms. The number of halogens is 3. The lowest BCUT2D eigenvalue weighted by Gasteiger charge is -2.07. The van der Waals surface area contributed by atoms with E-state index in [4.69, 9.17) is 0 Å². The zero-order valence-corrected chi connectivity index (χ0v) is 7.75. The molecule has 0 aliphatic rings. The molecule has 86 valence electrons. The number of aromatic nitrogens is 2. The third-order valence-corrected chi connectivity index (χ3v) is 1.47. The van der Waals surface area contributed by atoms with E-state index in [2.05, 4.69) is 24.7 Å². The SMILES string of the molecule is FC(F)(F)OCCNCCc1ncno1. The quantitative estimate of drug-likeness (QED) is 0.723. The monoisotopic (exact) mass is 225 g/mol. The van der Waals surface area contributed by atoms with Crippen LogP contribution in [0.3, 0.4) is 0 Å². The highest BCUT2D eigenvalue weighted by molar-refractivity contribution is 4.74. The van der Waals surface area contributed by atoms with Crippen molar-refractivity contribution in [1.82, 2.24) is 15.5 Å². The molecule has 0 atom stereocenters. The molecule has 0 unspecified atom stereocenters. The first-order chi connectivity index (χ1) is 7.08. The minimum atomic E-state index is -4.56. The number of ether oxygens (including phenoxy) is 1. The van der Waals surface area contributed by atoms with E-state index in [9.17, 15) is 13.2 Å². The highest BCUT2D eigenvalue weighted by Gasteiger charge is 2.28. The van der Waals surface area contributed by atoms with E-state index in [0.29, 0.717) is 18.9 Å². The molecule has 15 heavy (non-hydrogen) atoms. The van der Waals surface area contributed by atoms with Gasteiger partial charge >= 0.3 is 6.36 Å². The summed E-state index contributed by atoms with van der Waals surface area (Å²) in [6.45, 7) is 0.171. The standard InChI is InChI=1S/C7H10F3N3O2/c8-7(9,10)14-4-3-11-2-1-6-12-5-13-15-6/h5,11H,1-4H2. The number of rotatable bonds is 6. The lowest BCUT2D eigenvalue weighted by atomic mass is 10.4. The third-order valence-electron chi connectivity index (χ3n) is 1.47. The fourth-order valence-corrected chi connectivity index (χ4v) is 0.865. The van der Waals surface area contributed by atoms with Crippen molar-refractivity contribution in [3.8, 4) is 0 Å². The third kappa shape index (κ3) is 6.02. The Morgan fingerprint density at radius 2 is 2.20 bits per heavy atom. The van der Waals surface area contributed by atoms with Gasteiger partial charge in [0, 0.05) is 19.5 Å². The van der Waals surface area contributed by atoms with Crippen LogP contribution in [0.2, 0.25) is 0 Å². The van der Waals surface area contributed by atoms with E-state index < -0.39 is 13.0 Å². The zero-order chi connectivity index (χ0) is 11.1. The number of nitrogens with one attached hydrogen (secondary N) is 1. The molecule has 0 aliphatic carbocycles. The summed E-state index contributed by atoms with van der Waals surface area (Å²) in [5, 5.41) is 6.13. The van der Waals surface area contributed by atoms with Gasteiger partial charge in [-0.1, -0.05) is 5.16 Å². The lowest BCUT2D eigenvalue weighted by Crippen LogP contribution is -2.25. The van der Waals surface area contributed by atoms with Gasteiger partial charge in [0.2, 0.25) is 5.89 Å². The van der Waals surface area contributed by atoms with E-state index in [1.807, 2.05) is 0 Å². The second-order valence-electron chi connectivity index (χ2n) is 2.63. The molecule has 1 N–H and O–H groups in total. The van der Waals surface area contributed by atoms with Crippen LogP contribution >= 0.6 is 0 Å². The van der Waals surface area contributed by atoms with Crippen molar-refractivity contribution in [2.75, 3.05) is 19.7 Å². The Hall–Kier alpha value is -1.15. The van der Waals surface area contributed by atoms with Gasteiger partial charge in [0.15, 0.2) is 6.33 Å². The molecule has 1 heterocycles. The largest absolute Gasteiger partial charge is 0.522 e. The summed E-state index contributed by atoms with van der Waals surface area (Å²) < 4.78 is 42.7. The fraction of sp³-hybridized carbons (Fsp3) is 0.714. The molecule has 1 aromatic rings. The van der Waals surface area contributed by atoms with Crippen molar-refractivity contribution in [2.24, 2.45) is 0 Å². The van der Waals surface area contributed by atoms with Gasteiger partial charge in [-0.2, -0.15) is 4.98 Å². The van der Waals surface area contributed by atoms with Crippen molar-refractivity contribution in [3.05, 3.63) is 12.2 Å². The maximum atomic E-state index is 11.5. The normalized spacial score (nSPS) is 11.9. The van der Waals surface area contributed by atoms with Crippen molar-refractivity contribution in [1.29, 1.82) is 0 Å². The average molecular weight is 225 g/mol. The lowest BCUT2D eigenvalue weighted by molar-refractivity contribution is -0.323. The Labute approximate surface area is 83.6 Å². The number of alkyl halides is 3. The van der Waals surface area contributed by atoms with Crippen LogP contribution in [0.5, 0.6) is 0 Å². The molecule has 1 aromatic heterocycles. The Bertz CT molecular complexity index is 263. The van der Waals surface area contributed by atoms with E-state index in [0.717, 1.165) is 0 Å². The Morgan fingerprint density at radius 1 is 1.40 bits per heavy atom. The van der Waals surface area contributed by atoms with Crippen LogP contribution in [0.15, 0.2) is 10.9 Å². The Balaban J connectivity index is 1.94. The van der Waals surface area contributed by atoms with Crippen LogP contribution in [0.25, 0.3) is 0 Å². The molecule has 0 spiro atoms. The Kier molecular flexibility index (Phi) is 4.50. The summed E-state index contributed by atoms with van der Waals surface area (Å²) in [6, 6.07) is 0. The van der Waals surface area contributed by atoms with Gasteiger partial charge in [-0.3, -0.25) is 4.74 Å². The summed E-state index contributed by atoms with van der Waals surface area (Å²) in [6.07, 6.45) is -2.82. The summed E-state index contributed by atoms with van der Waals surface area (Å²) in [7, 11) is 0. The molecule has 5 nitrogen and oxygen atoms in total. The molecular weight excluding hydrogens is 215 g/mol. The summed E-state index contributed by atoms with van der Waals surface area (Å²) in [4.78, 5) is 3.74. The maximum absolute atomic E-state index is 11.5.